The number of aliphatic carboxylic acids is 1. The molecule has 2 rings (SSSR count). The number of carboxylic acids is 1. The molecule has 0 saturated carbocycles. The third-order valence-electron chi connectivity index (χ3n) is 6.62. The number of nitrogens with two attached hydrogens (primary N) is 3. The van der Waals surface area contributed by atoms with E-state index in [2.05, 4.69) is 20.9 Å². The zero-order valence-corrected chi connectivity index (χ0v) is 22.4. The van der Waals surface area contributed by atoms with Crippen molar-refractivity contribution in [3.63, 3.8) is 0 Å². The van der Waals surface area contributed by atoms with Gasteiger partial charge in [-0.2, -0.15) is 0 Å². The lowest BCUT2D eigenvalue weighted by Crippen LogP contribution is -2.58. The highest BCUT2D eigenvalue weighted by Gasteiger charge is 2.32. The quantitative estimate of drug-likeness (QED) is 0.123. The van der Waals surface area contributed by atoms with Crippen LogP contribution in [0.1, 0.15) is 45.1 Å². The number of rotatable bonds is 16. The Morgan fingerprint density at radius 2 is 1.50 bits per heavy atom. The Morgan fingerprint density at radius 3 is 2.10 bits per heavy atom. The summed E-state index contributed by atoms with van der Waals surface area (Å²) < 4.78 is 0. The van der Waals surface area contributed by atoms with Crippen LogP contribution in [0.5, 0.6) is 0 Å². The molecule has 1 aromatic carbocycles. The maximum absolute atomic E-state index is 13.4. The first kappa shape index (κ1) is 31.8. The molecule has 11 N–H and O–H groups in total. The summed E-state index contributed by atoms with van der Waals surface area (Å²) in [6.07, 6.45) is 1.04. The van der Waals surface area contributed by atoms with E-state index in [9.17, 15) is 33.9 Å². The number of carboxylic acid groups (broad SMARTS) is 1. The summed E-state index contributed by atoms with van der Waals surface area (Å²) in [4.78, 5) is 76.7. The van der Waals surface area contributed by atoms with Crippen LogP contribution in [0.15, 0.2) is 30.5 Å². The van der Waals surface area contributed by atoms with E-state index in [1.54, 1.807) is 13.1 Å². The predicted molar refractivity (Wildman–Crippen MR) is 145 cm³/mol. The molecule has 2 aromatic rings. The fourth-order valence-corrected chi connectivity index (χ4v) is 4.01. The molecule has 0 saturated heterocycles. The number of primary amides is 2. The highest BCUT2D eigenvalue weighted by atomic mass is 16.4. The van der Waals surface area contributed by atoms with Crippen LogP contribution < -0.4 is 33.2 Å². The second-order valence-corrected chi connectivity index (χ2v) is 9.67. The molecule has 0 aliphatic carbocycles. The normalized spacial score (nSPS) is 14.8. The Kier molecular flexibility index (Phi) is 11.6. The maximum Gasteiger partial charge on any atom is 0.326 e. The summed E-state index contributed by atoms with van der Waals surface area (Å²) in [5, 5.41) is 17.5. The zero-order chi connectivity index (χ0) is 30.0. The van der Waals surface area contributed by atoms with E-state index in [0.29, 0.717) is 12.0 Å². The zero-order valence-electron chi connectivity index (χ0n) is 22.4. The highest BCUT2D eigenvalue weighted by Crippen LogP contribution is 2.19. The molecular formula is C26H37N7O7. The molecule has 0 radical (unpaired) electrons. The van der Waals surface area contributed by atoms with Crippen molar-refractivity contribution in [3.8, 4) is 0 Å². The van der Waals surface area contributed by atoms with Crippen LogP contribution in [0.2, 0.25) is 0 Å². The van der Waals surface area contributed by atoms with Crippen LogP contribution in [0.4, 0.5) is 0 Å². The van der Waals surface area contributed by atoms with Gasteiger partial charge in [-0.1, -0.05) is 38.5 Å². The molecule has 218 valence electrons. The first-order valence-electron chi connectivity index (χ1n) is 12.8. The van der Waals surface area contributed by atoms with Gasteiger partial charge in [0.05, 0.1) is 12.5 Å². The SMILES string of the molecule is CCC(C)C(N)C(=O)NC(Cc1c[nH]c2ccccc12)C(=O)NC(CC(N)=O)C(=O)NC(CCC(N)=O)C(=O)O. The van der Waals surface area contributed by atoms with Gasteiger partial charge in [0.15, 0.2) is 0 Å². The summed E-state index contributed by atoms with van der Waals surface area (Å²) in [5.41, 5.74) is 17.9. The first-order chi connectivity index (χ1) is 18.8. The number of para-hydroxylation sites is 1. The number of aromatic nitrogens is 1. The van der Waals surface area contributed by atoms with Crippen LogP contribution in [0.3, 0.4) is 0 Å². The summed E-state index contributed by atoms with van der Waals surface area (Å²) in [5.74, 6) is -5.75. The lowest BCUT2D eigenvalue weighted by atomic mass is 9.98. The van der Waals surface area contributed by atoms with E-state index < -0.39 is 66.1 Å². The Hall–Kier alpha value is -4.46. The average Bonchev–Trinajstić information content (AvgIpc) is 3.31. The van der Waals surface area contributed by atoms with Crippen LogP contribution in [0.25, 0.3) is 10.9 Å². The lowest BCUT2D eigenvalue weighted by molar-refractivity contribution is -0.142. The van der Waals surface area contributed by atoms with Crippen molar-refractivity contribution in [2.75, 3.05) is 0 Å². The second kappa shape index (κ2) is 14.6. The summed E-state index contributed by atoms with van der Waals surface area (Å²) in [6, 6.07) is 2.13. The van der Waals surface area contributed by atoms with Gasteiger partial charge in [0.25, 0.3) is 0 Å². The molecule has 0 fully saturated rings. The van der Waals surface area contributed by atoms with Gasteiger partial charge in [0.1, 0.15) is 18.1 Å². The van der Waals surface area contributed by atoms with Crippen molar-refractivity contribution in [3.05, 3.63) is 36.0 Å². The topological polar surface area (TPSA) is 253 Å². The number of aromatic amines is 1. The summed E-state index contributed by atoms with van der Waals surface area (Å²) >= 11 is 0. The van der Waals surface area contributed by atoms with E-state index in [1.165, 1.54) is 0 Å². The Balaban J connectivity index is 2.31. The fourth-order valence-electron chi connectivity index (χ4n) is 4.01. The van der Waals surface area contributed by atoms with E-state index >= 15 is 0 Å². The number of hydrogen-bond donors (Lipinski definition) is 8. The van der Waals surface area contributed by atoms with Crippen molar-refractivity contribution in [2.24, 2.45) is 23.1 Å². The van der Waals surface area contributed by atoms with Gasteiger partial charge < -0.3 is 43.2 Å². The minimum atomic E-state index is -1.56. The van der Waals surface area contributed by atoms with E-state index in [1.807, 2.05) is 31.2 Å². The van der Waals surface area contributed by atoms with Crippen LogP contribution >= 0.6 is 0 Å². The number of hydrogen-bond acceptors (Lipinski definition) is 7. The number of nitrogens with one attached hydrogen (secondary N) is 4. The number of fused-ring (bicyclic) bond motifs is 1. The van der Waals surface area contributed by atoms with Gasteiger partial charge in [-0.05, 0) is 24.0 Å². The van der Waals surface area contributed by atoms with Crippen molar-refractivity contribution >= 4 is 46.4 Å². The molecule has 1 heterocycles. The van der Waals surface area contributed by atoms with Gasteiger partial charge >= 0.3 is 5.97 Å². The number of carbonyl (C=O) groups excluding carboxylic acids is 5. The van der Waals surface area contributed by atoms with Gasteiger partial charge in [-0.25, -0.2) is 4.79 Å². The van der Waals surface area contributed by atoms with Gasteiger partial charge in [-0.15, -0.1) is 0 Å². The molecule has 40 heavy (non-hydrogen) atoms. The number of carbonyl (C=O) groups is 6. The van der Waals surface area contributed by atoms with Crippen molar-refractivity contribution < 1.29 is 33.9 Å². The van der Waals surface area contributed by atoms with E-state index in [-0.39, 0.29) is 25.2 Å². The average molecular weight is 560 g/mol. The molecule has 14 nitrogen and oxygen atoms in total. The van der Waals surface area contributed by atoms with Gasteiger partial charge in [0, 0.05) is 29.9 Å². The smallest absolute Gasteiger partial charge is 0.326 e. The predicted octanol–water partition coefficient (Wildman–Crippen LogP) is -1.24. The first-order valence-corrected chi connectivity index (χ1v) is 12.8. The number of amides is 5. The van der Waals surface area contributed by atoms with E-state index in [4.69, 9.17) is 17.2 Å². The number of benzene rings is 1. The summed E-state index contributed by atoms with van der Waals surface area (Å²) in [7, 11) is 0. The Labute approximate surface area is 230 Å². The van der Waals surface area contributed by atoms with Gasteiger partial charge in [-0.3, -0.25) is 24.0 Å². The summed E-state index contributed by atoms with van der Waals surface area (Å²) in [6.45, 7) is 3.66. The molecule has 14 heteroatoms. The minimum Gasteiger partial charge on any atom is -0.480 e. The van der Waals surface area contributed by atoms with Gasteiger partial charge in [0.2, 0.25) is 29.5 Å². The molecule has 5 amide bonds. The largest absolute Gasteiger partial charge is 0.480 e. The maximum atomic E-state index is 13.4. The molecule has 0 aliphatic rings. The van der Waals surface area contributed by atoms with Crippen LogP contribution in [0, 0.1) is 5.92 Å². The standard InChI is InChI=1S/C26H37N7O7/c1-3-13(2)22(29)25(38)33-18(10-14-12-30-16-7-5-4-6-15(14)16)23(36)32-19(11-21(28)35)24(37)31-17(26(39)40)8-9-20(27)34/h4-7,12-13,17-19,22,30H,3,8-11,29H2,1-2H3,(H2,27,34)(H2,28,35)(H,31,37)(H,32,36)(H,33,38)(H,39,40). The monoisotopic (exact) mass is 559 g/mol. The minimum absolute atomic E-state index is 0.0100. The molecule has 1 aromatic heterocycles. The Morgan fingerprint density at radius 1 is 0.900 bits per heavy atom. The van der Waals surface area contributed by atoms with Crippen molar-refractivity contribution in [1.82, 2.24) is 20.9 Å². The lowest BCUT2D eigenvalue weighted by Gasteiger charge is -2.25. The molecule has 5 atom stereocenters. The third-order valence-corrected chi connectivity index (χ3v) is 6.62. The Bertz CT molecular complexity index is 1240. The van der Waals surface area contributed by atoms with E-state index in [0.717, 1.165) is 10.9 Å². The van der Waals surface area contributed by atoms with Crippen LogP contribution in [-0.2, 0) is 35.2 Å². The van der Waals surface area contributed by atoms with Crippen molar-refractivity contribution in [1.29, 1.82) is 0 Å². The highest BCUT2D eigenvalue weighted by molar-refractivity contribution is 5.96. The molecule has 0 bridgehead atoms. The second-order valence-electron chi connectivity index (χ2n) is 9.67. The molecule has 0 spiro atoms. The fraction of sp³-hybridized carbons (Fsp3) is 0.462. The molecule has 5 unspecified atom stereocenters. The van der Waals surface area contributed by atoms with Crippen LogP contribution in [-0.4, -0.2) is 69.8 Å². The number of H-pyrrole nitrogens is 1. The third kappa shape index (κ3) is 9.08. The molecular weight excluding hydrogens is 522 g/mol. The van der Waals surface area contributed by atoms with Crippen molar-refractivity contribution in [2.45, 2.75) is 70.1 Å². The molecule has 0 aliphatic heterocycles.